The van der Waals surface area contributed by atoms with Gasteiger partial charge in [0.15, 0.2) is 0 Å². The van der Waals surface area contributed by atoms with Crippen LogP contribution in [-0.4, -0.2) is 31.2 Å². The molecule has 2 N–H and O–H groups in total. The van der Waals surface area contributed by atoms with Crippen molar-refractivity contribution >= 4 is 32.0 Å². The van der Waals surface area contributed by atoms with Gasteiger partial charge in [0, 0.05) is 6.54 Å². The van der Waals surface area contributed by atoms with E-state index in [2.05, 4.69) is 27.8 Å². The van der Waals surface area contributed by atoms with Gasteiger partial charge in [-0.15, -0.1) is 0 Å². The smallest absolute Gasteiger partial charge is 0.266 e. The van der Waals surface area contributed by atoms with E-state index < -0.39 is 21.8 Å². The molecule has 0 spiro atoms. The average molecular weight is 258 g/mol. The Balaban J connectivity index is 3.73. The van der Waals surface area contributed by atoms with Crippen LogP contribution >= 0.6 is 15.9 Å². The number of nitrogens with one attached hydrogen (secondary N) is 1. The molecule has 0 aromatic heterocycles. The summed E-state index contributed by atoms with van der Waals surface area (Å²) in [6.45, 7) is 3.13. The van der Waals surface area contributed by atoms with Crippen LogP contribution in [0.4, 0.5) is 0 Å². The van der Waals surface area contributed by atoms with Gasteiger partial charge in [0.25, 0.3) is 16.0 Å². The fraction of sp³-hybridized carbons (Fsp3) is 0.400. The molecule has 0 saturated heterocycles. The van der Waals surface area contributed by atoms with Crippen molar-refractivity contribution in [3.05, 3.63) is 11.1 Å². The Morgan fingerprint density at radius 1 is 1.58 bits per heavy atom. The van der Waals surface area contributed by atoms with E-state index in [1.807, 2.05) is 0 Å². The van der Waals surface area contributed by atoms with Gasteiger partial charge in [-0.05, 0) is 15.9 Å². The summed E-state index contributed by atoms with van der Waals surface area (Å²) in [7, 11) is -4.01. The molecule has 0 radical (unpaired) electrons. The van der Waals surface area contributed by atoms with Crippen LogP contribution < -0.4 is 5.32 Å². The van der Waals surface area contributed by atoms with E-state index in [0.29, 0.717) is 0 Å². The van der Waals surface area contributed by atoms with Gasteiger partial charge in [-0.3, -0.25) is 9.35 Å². The summed E-state index contributed by atoms with van der Waals surface area (Å²) in [6, 6.07) is 0. The molecule has 7 heteroatoms. The first kappa shape index (κ1) is 11.6. The number of carbonyl (C=O) groups excluding carboxylic acids is 1. The molecule has 0 fully saturated rings. The molecule has 0 aliphatic rings. The minimum atomic E-state index is -4.01. The van der Waals surface area contributed by atoms with E-state index >= 15 is 0 Å². The second kappa shape index (κ2) is 4.58. The maximum absolute atomic E-state index is 10.7. The molecule has 5 nitrogen and oxygen atoms in total. The van der Waals surface area contributed by atoms with Gasteiger partial charge in [-0.1, -0.05) is 6.58 Å². The van der Waals surface area contributed by atoms with Gasteiger partial charge in [-0.25, -0.2) is 0 Å². The Kier molecular flexibility index (Phi) is 4.43. The van der Waals surface area contributed by atoms with Gasteiger partial charge < -0.3 is 5.32 Å². The molecule has 0 unspecified atom stereocenters. The standard InChI is InChI=1S/C5H8BrNO4S/c1-4(6)5(8)7-2-3-12(9,10)11/h1-3H2,(H,7,8)(H,9,10,11). The first-order valence-electron chi connectivity index (χ1n) is 2.90. The van der Waals surface area contributed by atoms with Crippen molar-refractivity contribution in [1.82, 2.24) is 5.32 Å². The number of carbonyl (C=O) groups is 1. The van der Waals surface area contributed by atoms with Crippen LogP contribution in [-0.2, 0) is 14.9 Å². The predicted molar refractivity (Wildman–Crippen MR) is 47.5 cm³/mol. The van der Waals surface area contributed by atoms with Crippen molar-refractivity contribution in [3.8, 4) is 0 Å². The summed E-state index contributed by atoms with van der Waals surface area (Å²) in [5.41, 5.74) is 0. The molecule has 0 aliphatic carbocycles. The molecule has 0 saturated carbocycles. The monoisotopic (exact) mass is 257 g/mol. The quantitative estimate of drug-likeness (QED) is 0.544. The van der Waals surface area contributed by atoms with Crippen molar-refractivity contribution in [2.24, 2.45) is 0 Å². The van der Waals surface area contributed by atoms with Crippen LogP contribution in [0.1, 0.15) is 0 Å². The highest BCUT2D eigenvalue weighted by atomic mass is 79.9. The summed E-state index contributed by atoms with van der Waals surface area (Å²) in [4.78, 5) is 10.7. The van der Waals surface area contributed by atoms with Gasteiger partial charge in [0.1, 0.15) is 0 Å². The molecule has 12 heavy (non-hydrogen) atoms. The van der Waals surface area contributed by atoms with Gasteiger partial charge >= 0.3 is 0 Å². The molecule has 0 heterocycles. The fourth-order valence-electron chi connectivity index (χ4n) is 0.389. The van der Waals surface area contributed by atoms with Crippen LogP contribution in [0.25, 0.3) is 0 Å². The third kappa shape index (κ3) is 6.32. The second-order valence-corrected chi connectivity index (χ2v) is 4.48. The van der Waals surface area contributed by atoms with E-state index in [1.165, 1.54) is 0 Å². The lowest BCUT2D eigenvalue weighted by Gasteiger charge is -2.00. The summed E-state index contributed by atoms with van der Waals surface area (Å²) in [6.07, 6.45) is 0. The Labute approximate surface area is 78.7 Å². The summed E-state index contributed by atoms with van der Waals surface area (Å²) < 4.78 is 28.7. The van der Waals surface area contributed by atoms with Gasteiger partial charge in [0.2, 0.25) is 0 Å². The van der Waals surface area contributed by atoms with Crippen LogP contribution in [0.15, 0.2) is 11.1 Å². The molecule has 0 aliphatic heterocycles. The topological polar surface area (TPSA) is 83.5 Å². The van der Waals surface area contributed by atoms with E-state index in [4.69, 9.17) is 4.55 Å². The number of halogens is 1. The number of hydrogen-bond donors (Lipinski definition) is 2. The summed E-state index contributed by atoms with van der Waals surface area (Å²) in [5, 5.41) is 2.21. The zero-order valence-electron chi connectivity index (χ0n) is 6.08. The molecule has 70 valence electrons. The number of rotatable bonds is 4. The average Bonchev–Trinajstić information content (AvgIpc) is 1.84. The molecule has 1 amide bonds. The largest absolute Gasteiger partial charge is 0.350 e. The third-order valence-electron chi connectivity index (χ3n) is 0.892. The van der Waals surface area contributed by atoms with Crippen molar-refractivity contribution in [2.75, 3.05) is 12.3 Å². The SMILES string of the molecule is C=C(Br)C(=O)NCCS(=O)(=O)O. The zero-order valence-corrected chi connectivity index (χ0v) is 8.48. The van der Waals surface area contributed by atoms with Gasteiger partial charge in [0.05, 0.1) is 10.2 Å². The molecule has 0 rings (SSSR count). The van der Waals surface area contributed by atoms with Crippen LogP contribution in [0.5, 0.6) is 0 Å². The van der Waals surface area contributed by atoms with Crippen LogP contribution in [0.3, 0.4) is 0 Å². The number of amides is 1. The highest BCUT2D eigenvalue weighted by Gasteiger charge is 2.06. The minimum absolute atomic E-state index is 0.109. The molecule has 0 bridgehead atoms. The molecule has 0 atom stereocenters. The van der Waals surface area contributed by atoms with Crippen molar-refractivity contribution in [2.45, 2.75) is 0 Å². The predicted octanol–water partition coefficient (Wildman–Crippen LogP) is -0.101. The lowest BCUT2D eigenvalue weighted by Crippen LogP contribution is -2.28. The molecular formula is C5H8BrNO4S. The lowest BCUT2D eigenvalue weighted by atomic mass is 10.5. The Hall–Kier alpha value is -0.400. The van der Waals surface area contributed by atoms with E-state index in [9.17, 15) is 13.2 Å². The van der Waals surface area contributed by atoms with Gasteiger partial charge in [-0.2, -0.15) is 8.42 Å². The maximum atomic E-state index is 10.7. The van der Waals surface area contributed by atoms with Crippen molar-refractivity contribution in [3.63, 3.8) is 0 Å². The lowest BCUT2D eigenvalue weighted by molar-refractivity contribution is -0.116. The number of hydrogen-bond acceptors (Lipinski definition) is 3. The third-order valence-corrected chi connectivity index (χ3v) is 1.97. The Morgan fingerprint density at radius 3 is 2.42 bits per heavy atom. The van der Waals surface area contributed by atoms with Crippen LogP contribution in [0, 0.1) is 0 Å². The summed E-state index contributed by atoms with van der Waals surface area (Å²) in [5.74, 6) is -1.00. The second-order valence-electron chi connectivity index (χ2n) is 1.95. The summed E-state index contributed by atoms with van der Waals surface area (Å²) >= 11 is 2.80. The van der Waals surface area contributed by atoms with E-state index in [0.717, 1.165) is 0 Å². The Morgan fingerprint density at radius 2 is 2.08 bits per heavy atom. The molecule has 0 aromatic rings. The normalized spacial score (nSPS) is 10.8. The first-order chi connectivity index (χ1) is 5.33. The van der Waals surface area contributed by atoms with Crippen LogP contribution in [0.2, 0.25) is 0 Å². The first-order valence-corrected chi connectivity index (χ1v) is 5.31. The van der Waals surface area contributed by atoms with Crippen molar-refractivity contribution in [1.29, 1.82) is 0 Å². The zero-order chi connectivity index (χ0) is 9.78. The fourth-order valence-corrected chi connectivity index (χ4v) is 0.890. The maximum Gasteiger partial charge on any atom is 0.266 e. The van der Waals surface area contributed by atoms with E-state index in [1.54, 1.807) is 0 Å². The molecular weight excluding hydrogens is 250 g/mol. The highest BCUT2D eigenvalue weighted by molar-refractivity contribution is 9.12. The highest BCUT2D eigenvalue weighted by Crippen LogP contribution is 1.98. The van der Waals surface area contributed by atoms with E-state index in [-0.39, 0.29) is 11.0 Å². The van der Waals surface area contributed by atoms with Crippen molar-refractivity contribution < 1.29 is 17.8 Å². The Bertz CT molecular complexity index is 284. The molecule has 0 aromatic carbocycles. The minimum Gasteiger partial charge on any atom is -0.350 e.